The summed E-state index contributed by atoms with van der Waals surface area (Å²) in [4.78, 5) is 34.8. The summed E-state index contributed by atoms with van der Waals surface area (Å²) in [6, 6.07) is -0.924. The van der Waals surface area contributed by atoms with E-state index in [0.717, 1.165) is 6.42 Å². The lowest BCUT2D eigenvalue weighted by Crippen LogP contribution is -2.53. The van der Waals surface area contributed by atoms with Crippen molar-refractivity contribution >= 4 is 17.9 Å². The van der Waals surface area contributed by atoms with Crippen molar-refractivity contribution in [1.29, 1.82) is 0 Å². The maximum atomic E-state index is 11.4. The number of hydrogen-bond acceptors (Lipinski definition) is 4. The molecular weight excluding hydrogens is 226 g/mol. The number of nitrogens with two attached hydrogens (primary N) is 1. The number of nitrogens with one attached hydrogen (secondary N) is 1. The normalized spacial score (nSPS) is 24.5. The van der Waals surface area contributed by atoms with Crippen LogP contribution in [0.5, 0.6) is 0 Å². The van der Waals surface area contributed by atoms with Gasteiger partial charge in [0.15, 0.2) is 0 Å². The number of aliphatic carboxylic acids is 1. The van der Waals surface area contributed by atoms with E-state index in [1.807, 2.05) is 5.32 Å². The number of likely N-dealkylation sites (tertiary alicyclic amines) is 1. The van der Waals surface area contributed by atoms with Crippen LogP contribution in [0.2, 0.25) is 0 Å². The van der Waals surface area contributed by atoms with Crippen molar-refractivity contribution in [2.45, 2.75) is 31.7 Å². The molecule has 1 unspecified atom stereocenters. The monoisotopic (exact) mass is 243 g/mol. The number of imide groups is 1. The van der Waals surface area contributed by atoms with Gasteiger partial charge in [0.25, 0.3) is 0 Å². The first-order valence-corrected chi connectivity index (χ1v) is 5.50. The van der Waals surface area contributed by atoms with Gasteiger partial charge in [-0.15, -0.1) is 0 Å². The average Bonchev–Trinajstić information content (AvgIpc) is 2.60. The lowest BCUT2D eigenvalue weighted by molar-refractivity contribution is -0.150. The summed E-state index contributed by atoms with van der Waals surface area (Å²) in [5.41, 5.74) is 3.83. The first kappa shape index (κ1) is 13.4. The molecule has 1 atom stereocenters. The van der Waals surface area contributed by atoms with Crippen molar-refractivity contribution in [3.05, 3.63) is 0 Å². The van der Waals surface area contributed by atoms with Crippen LogP contribution in [0.1, 0.15) is 26.2 Å². The van der Waals surface area contributed by atoms with Crippen molar-refractivity contribution in [2.75, 3.05) is 13.1 Å². The highest BCUT2D eigenvalue weighted by molar-refractivity contribution is 5.94. The predicted molar refractivity (Wildman–Crippen MR) is 59.2 cm³/mol. The van der Waals surface area contributed by atoms with E-state index in [4.69, 9.17) is 5.73 Å². The van der Waals surface area contributed by atoms with Crippen LogP contribution in [0.25, 0.3) is 0 Å². The van der Waals surface area contributed by atoms with Gasteiger partial charge in [0, 0.05) is 0 Å². The second-order valence-corrected chi connectivity index (χ2v) is 4.13. The summed E-state index contributed by atoms with van der Waals surface area (Å²) in [6.45, 7) is 2.19. The minimum absolute atomic E-state index is 0.122. The minimum Gasteiger partial charge on any atom is -0.480 e. The molecule has 1 heterocycles. The molecule has 4 N–H and O–H groups in total. The minimum atomic E-state index is -0.991. The lowest BCUT2D eigenvalue weighted by atomic mass is 9.93. The zero-order valence-corrected chi connectivity index (χ0v) is 9.73. The molecule has 96 valence electrons. The van der Waals surface area contributed by atoms with Gasteiger partial charge in [0.05, 0.1) is 6.54 Å². The number of carboxylic acids is 1. The Morgan fingerprint density at radius 3 is 2.59 bits per heavy atom. The highest BCUT2D eigenvalue weighted by atomic mass is 16.4. The van der Waals surface area contributed by atoms with Crippen LogP contribution in [-0.4, -0.2) is 46.5 Å². The summed E-state index contributed by atoms with van der Waals surface area (Å²) in [7, 11) is 0. The second kappa shape index (κ2) is 5.13. The number of carbonyl (C=O) groups excluding carboxylic acids is 2. The van der Waals surface area contributed by atoms with Gasteiger partial charge >= 0.3 is 12.0 Å². The Labute approximate surface area is 98.9 Å². The summed E-state index contributed by atoms with van der Waals surface area (Å²) < 4.78 is 0. The standard InChI is InChI=1S/C10H17N3O4/c1-2-10(8(15)16)4-3-5-13(10)6-7(14)12-9(11)17/h2-6H2,1H3,(H,15,16)(H3,11,12,14,17). The number of primary amides is 1. The highest BCUT2D eigenvalue weighted by Gasteiger charge is 2.46. The molecule has 0 aromatic heterocycles. The van der Waals surface area contributed by atoms with Gasteiger partial charge in [-0.3, -0.25) is 19.8 Å². The third-order valence-corrected chi connectivity index (χ3v) is 3.20. The van der Waals surface area contributed by atoms with Crippen molar-refractivity contribution in [2.24, 2.45) is 5.73 Å². The third kappa shape index (κ3) is 2.73. The molecule has 3 amide bonds. The van der Waals surface area contributed by atoms with E-state index in [2.05, 4.69) is 0 Å². The van der Waals surface area contributed by atoms with Crippen LogP contribution in [-0.2, 0) is 9.59 Å². The second-order valence-electron chi connectivity index (χ2n) is 4.13. The zero-order valence-electron chi connectivity index (χ0n) is 9.73. The van der Waals surface area contributed by atoms with Crippen molar-refractivity contribution in [1.82, 2.24) is 10.2 Å². The summed E-state index contributed by atoms with van der Waals surface area (Å²) in [5.74, 6) is -1.50. The van der Waals surface area contributed by atoms with Gasteiger partial charge in [-0.05, 0) is 25.8 Å². The molecule has 7 nitrogen and oxygen atoms in total. The number of carboxylic acid groups (broad SMARTS) is 1. The van der Waals surface area contributed by atoms with Crippen LogP contribution >= 0.6 is 0 Å². The van der Waals surface area contributed by atoms with Gasteiger partial charge in [-0.2, -0.15) is 0 Å². The molecule has 1 aliphatic rings. The summed E-state index contributed by atoms with van der Waals surface area (Å²) >= 11 is 0. The van der Waals surface area contributed by atoms with E-state index in [1.54, 1.807) is 11.8 Å². The van der Waals surface area contributed by atoms with Gasteiger partial charge < -0.3 is 10.8 Å². The van der Waals surface area contributed by atoms with Gasteiger partial charge in [0.2, 0.25) is 5.91 Å². The molecule has 0 radical (unpaired) electrons. The third-order valence-electron chi connectivity index (χ3n) is 3.20. The first-order chi connectivity index (χ1) is 7.92. The van der Waals surface area contributed by atoms with E-state index < -0.39 is 23.4 Å². The Morgan fingerprint density at radius 1 is 1.47 bits per heavy atom. The van der Waals surface area contributed by atoms with E-state index in [0.29, 0.717) is 19.4 Å². The van der Waals surface area contributed by atoms with Crippen molar-refractivity contribution in [3.8, 4) is 0 Å². The molecule has 1 saturated heterocycles. The topological polar surface area (TPSA) is 113 Å². The van der Waals surface area contributed by atoms with Gasteiger partial charge in [0.1, 0.15) is 5.54 Å². The van der Waals surface area contributed by atoms with E-state index in [9.17, 15) is 19.5 Å². The molecule has 0 spiro atoms. The Morgan fingerprint density at radius 2 is 2.12 bits per heavy atom. The Kier molecular flexibility index (Phi) is 4.06. The maximum absolute atomic E-state index is 11.4. The fourth-order valence-corrected chi connectivity index (χ4v) is 2.31. The SMILES string of the molecule is CCC1(C(=O)O)CCCN1CC(=O)NC(N)=O. The first-order valence-electron chi connectivity index (χ1n) is 5.50. The molecule has 0 saturated carbocycles. The molecule has 1 fully saturated rings. The molecule has 1 aliphatic heterocycles. The molecular formula is C10H17N3O4. The Hall–Kier alpha value is -1.63. The fraction of sp³-hybridized carbons (Fsp3) is 0.700. The predicted octanol–water partition coefficient (Wildman–Crippen LogP) is -0.489. The van der Waals surface area contributed by atoms with Crippen molar-refractivity contribution < 1.29 is 19.5 Å². The molecule has 7 heteroatoms. The van der Waals surface area contributed by atoms with Crippen LogP contribution in [0, 0.1) is 0 Å². The number of amides is 3. The van der Waals surface area contributed by atoms with E-state index in [1.165, 1.54) is 0 Å². The molecule has 0 aromatic rings. The Bertz CT molecular complexity index is 344. The highest BCUT2D eigenvalue weighted by Crippen LogP contribution is 2.32. The zero-order chi connectivity index (χ0) is 13.1. The van der Waals surface area contributed by atoms with Gasteiger partial charge in [-0.25, -0.2) is 4.79 Å². The largest absolute Gasteiger partial charge is 0.480 e. The number of nitrogens with zero attached hydrogens (tertiary/aromatic N) is 1. The number of urea groups is 1. The smallest absolute Gasteiger partial charge is 0.324 e. The summed E-state index contributed by atoms with van der Waals surface area (Å²) in [6.07, 6.45) is 1.67. The van der Waals surface area contributed by atoms with E-state index >= 15 is 0 Å². The van der Waals surface area contributed by atoms with Crippen LogP contribution in [0.4, 0.5) is 4.79 Å². The summed E-state index contributed by atoms with van der Waals surface area (Å²) in [5, 5.41) is 11.2. The van der Waals surface area contributed by atoms with E-state index in [-0.39, 0.29) is 6.54 Å². The van der Waals surface area contributed by atoms with Crippen LogP contribution < -0.4 is 11.1 Å². The Balaban J connectivity index is 2.72. The molecule has 17 heavy (non-hydrogen) atoms. The molecule has 0 aromatic carbocycles. The number of rotatable bonds is 4. The molecule has 0 bridgehead atoms. The molecule has 0 aliphatic carbocycles. The van der Waals surface area contributed by atoms with Crippen LogP contribution in [0.15, 0.2) is 0 Å². The quantitative estimate of drug-likeness (QED) is 0.616. The average molecular weight is 243 g/mol. The number of carbonyl (C=O) groups is 3. The maximum Gasteiger partial charge on any atom is 0.324 e. The molecule has 1 rings (SSSR count). The number of hydrogen-bond donors (Lipinski definition) is 3. The fourth-order valence-electron chi connectivity index (χ4n) is 2.31. The van der Waals surface area contributed by atoms with Crippen molar-refractivity contribution in [3.63, 3.8) is 0 Å². The van der Waals surface area contributed by atoms with Crippen LogP contribution in [0.3, 0.4) is 0 Å². The van der Waals surface area contributed by atoms with Gasteiger partial charge in [-0.1, -0.05) is 6.92 Å². The lowest BCUT2D eigenvalue weighted by Gasteiger charge is -2.33.